The summed E-state index contributed by atoms with van der Waals surface area (Å²) < 4.78 is 30.1. The number of hydrogen-bond donors (Lipinski definition) is 1. The van der Waals surface area contributed by atoms with Crippen LogP contribution >= 0.6 is 11.8 Å². The summed E-state index contributed by atoms with van der Waals surface area (Å²) in [6.07, 6.45) is 4.44. The Morgan fingerprint density at radius 3 is 2.74 bits per heavy atom. The van der Waals surface area contributed by atoms with Crippen molar-refractivity contribution in [2.45, 2.75) is 16.3 Å². The summed E-state index contributed by atoms with van der Waals surface area (Å²) in [5, 5.41) is 2.76. The number of rotatable bonds is 7. The molecule has 2 aromatic heterocycles. The number of imidazole rings is 1. The molecule has 0 fully saturated rings. The van der Waals surface area contributed by atoms with Gasteiger partial charge in [-0.2, -0.15) is 0 Å². The van der Waals surface area contributed by atoms with Gasteiger partial charge < -0.3 is 0 Å². The van der Waals surface area contributed by atoms with Gasteiger partial charge in [0.2, 0.25) is 10.0 Å². The molecule has 0 amide bonds. The highest BCUT2D eigenvalue weighted by molar-refractivity contribution is 7.99. The lowest BCUT2D eigenvalue weighted by molar-refractivity contribution is 0.582. The van der Waals surface area contributed by atoms with Gasteiger partial charge in [0.05, 0.1) is 9.92 Å². The summed E-state index contributed by atoms with van der Waals surface area (Å²) in [6, 6.07) is 18.8. The van der Waals surface area contributed by atoms with E-state index >= 15 is 0 Å². The molecule has 0 aliphatic rings. The summed E-state index contributed by atoms with van der Waals surface area (Å²) in [7, 11) is -3.53. The molecule has 0 unspecified atom stereocenters. The number of benzene rings is 2. The molecule has 5 nitrogen and oxygen atoms in total. The highest BCUT2D eigenvalue weighted by atomic mass is 32.2. The van der Waals surface area contributed by atoms with Crippen molar-refractivity contribution in [1.82, 2.24) is 14.1 Å². The Morgan fingerprint density at radius 1 is 1.00 bits per heavy atom. The number of pyridine rings is 1. The van der Waals surface area contributed by atoms with Crippen LogP contribution in [0.25, 0.3) is 16.4 Å². The zero-order chi connectivity index (χ0) is 18.7. The Morgan fingerprint density at radius 2 is 1.81 bits per heavy atom. The third-order valence-electron chi connectivity index (χ3n) is 4.29. The monoisotopic (exact) mass is 397 g/mol. The second kappa shape index (κ2) is 7.72. The lowest BCUT2D eigenvalue weighted by Gasteiger charge is -2.10. The summed E-state index contributed by atoms with van der Waals surface area (Å²) in [5.74, 6) is 0.815. The molecule has 7 heteroatoms. The van der Waals surface area contributed by atoms with E-state index in [0.29, 0.717) is 11.4 Å². The Bertz CT molecular complexity index is 1180. The molecule has 0 aliphatic carbocycles. The summed E-state index contributed by atoms with van der Waals surface area (Å²) in [4.78, 5) is 4.60. The van der Waals surface area contributed by atoms with Gasteiger partial charge in [-0.1, -0.05) is 42.5 Å². The standard InChI is InChI=1S/C20H19N3O2S2/c24-27(25,18-9-3-7-16-6-1-2-8-17(16)18)22-12-5-15-26-20-11-4-10-19-21-13-14-23(19)20/h1-4,6-11,13-14,22H,5,12,15H2. The molecule has 1 N–H and O–H groups in total. The maximum Gasteiger partial charge on any atom is 0.241 e. The molecule has 4 rings (SSSR count). The van der Waals surface area contributed by atoms with Crippen molar-refractivity contribution in [1.29, 1.82) is 0 Å². The summed E-state index contributed by atoms with van der Waals surface area (Å²) >= 11 is 1.69. The second-order valence-corrected chi connectivity index (χ2v) is 8.95. The van der Waals surface area contributed by atoms with Crippen molar-refractivity contribution in [3.05, 3.63) is 73.1 Å². The lowest BCUT2D eigenvalue weighted by Crippen LogP contribution is -2.25. The van der Waals surface area contributed by atoms with Crippen LogP contribution in [0, 0.1) is 0 Å². The number of hydrogen-bond acceptors (Lipinski definition) is 4. The van der Waals surface area contributed by atoms with Crippen LogP contribution < -0.4 is 4.72 Å². The minimum Gasteiger partial charge on any atom is -0.294 e. The number of thioether (sulfide) groups is 1. The molecule has 27 heavy (non-hydrogen) atoms. The Hall–Kier alpha value is -2.35. The molecule has 0 saturated heterocycles. The van der Waals surface area contributed by atoms with Gasteiger partial charge in [0.1, 0.15) is 5.65 Å². The van der Waals surface area contributed by atoms with Gasteiger partial charge in [0, 0.05) is 30.1 Å². The smallest absolute Gasteiger partial charge is 0.241 e. The molecule has 0 spiro atoms. The fourth-order valence-corrected chi connectivity index (χ4v) is 5.27. The van der Waals surface area contributed by atoms with Gasteiger partial charge >= 0.3 is 0 Å². The average molecular weight is 398 g/mol. The maximum atomic E-state index is 12.7. The van der Waals surface area contributed by atoms with Crippen LogP contribution in [-0.4, -0.2) is 30.1 Å². The van der Waals surface area contributed by atoms with Gasteiger partial charge in [-0.05, 0) is 30.0 Å². The van der Waals surface area contributed by atoms with Gasteiger partial charge in [0.25, 0.3) is 0 Å². The van der Waals surface area contributed by atoms with Gasteiger partial charge in [-0.3, -0.25) is 4.40 Å². The minimum absolute atomic E-state index is 0.330. The van der Waals surface area contributed by atoms with Crippen molar-refractivity contribution in [2.24, 2.45) is 0 Å². The normalized spacial score (nSPS) is 12.0. The lowest BCUT2D eigenvalue weighted by atomic mass is 10.1. The van der Waals surface area contributed by atoms with Gasteiger partial charge in [0.15, 0.2) is 0 Å². The van der Waals surface area contributed by atoms with Crippen molar-refractivity contribution >= 4 is 38.2 Å². The highest BCUT2D eigenvalue weighted by Gasteiger charge is 2.16. The van der Waals surface area contributed by atoms with E-state index in [2.05, 4.69) is 9.71 Å². The van der Waals surface area contributed by atoms with E-state index in [9.17, 15) is 8.42 Å². The topological polar surface area (TPSA) is 63.5 Å². The number of aromatic nitrogens is 2. The highest BCUT2D eigenvalue weighted by Crippen LogP contribution is 2.23. The molecule has 0 aliphatic heterocycles. The van der Waals surface area contributed by atoms with Crippen molar-refractivity contribution in [2.75, 3.05) is 12.3 Å². The molecule has 2 heterocycles. The predicted octanol–water partition coefficient (Wildman–Crippen LogP) is 3.95. The number of fused-ring (bicyclic) bond motifs is 2. The van der Waals surface area contributed by atoms with Crippen LogP contribution in [0.15, 0.2) is 83.0 Å². The van der Waals surface area contributed by atoms with Crippen LogP contribution in [0.3, 0.4) is 0 Å². The zero-order valence-electron chi connectivity index (χ0n) is 14.6. The molecule has 4 aromatic rings. The third kappa shape index (κ3) is 3.85. The number of nitrogens with one attached hydrogen (secondary N) is 1. The Labute approximate surface area is 162 Å². The second-order valence-electron chi connectivity index (χ2n) is 6.10. The van der Waals surface area contributed by atoms with E-state index in [1.165, 1.54) is 0 Å². The average Bonchev–Trinajstić information content (AvgIpc) is 3.17. The first-order chi connectivity index (χ1) is 13.1. The van der Waals surface area contributed by atoms with Crippen LogP contribution in [0.4, 0.5) is 0 Å². The van der Waals surface area contributed by atoms with E-state index < -0.39 is 10.0 Å². The van der Waals surface area contributed by atoms with Gasteiger partial charge in [-0.25, -0.2) is 18.1 Å². The molecule has 0 bridgehead atoms. The van der Waals surface area contributed by atoms with Crippen LogP contribution in [0.5, 0.6) is 0 Å². The predicted molar refractivity (Wildman–Crippen MR) is 110 cm³/mol. The summed E-state index contributed by atoms with van der Waals surface area (Å²) in [6.45, 7) is 0.401. The zero-order valence-corrected chi connectivity index (χ0v) is 16.2. The number of nitrogens with zero attached hydrogens (tertiary/aromatic N) is 2. The molecule has 0 radical (unpaired) electrons. The Balaban J connectivity index is 1.38. The first kappa shape index (κ1) is 18.0. The molecular formula is C20H19N3O2S2. The molecule has 0 atom stereocenters. The van der Waals surface area contributed by atoms with Crippen molar-refractivity contribution in [3.63, 3.8) is 0 Å². The van der Waals surface area contributed by atoms with E-state index in [4.69, 9.17) is 0 Å². The van der Waals surface area contributed by atoms with E-state index in [0.717, 1.165) is 33.6 Å². The van der Waals surface area contributed by atoms with Crippen LogP contribution in [0.2, 0.25) is 0 Å². The fraction of sp³-hybridized carbons (Fsp3) is 0.150. The third-order valence-corrected chi connectivity index (χ3v) is 6.93. The van der Waals surface area contributed by atoms with Crippen LogP contribution in [-0.2, 0) is 10.0 Å². The quantitative estimate of drug-likeness (QED) is 0.379. The van der Waals surface area contributed by atoms with Crippen molar-refractivity contribution < 1.29 is 8.42 Å². The van der Waals surface area contributed by atoms with E-state index in [1.807, 2.05) is 59.1 Å². The number of sulfonamides is 1. The Kier molecular flexibility index (Phi) is 5.15. The van der Waals surface area contributed by atoms with E-state index in [-0.39, 0.29) is 0 Å². The first-order valence-electron chi connectivity index (χ1n) is 8.67. The minimum atomic E-state index is -3.53. The van der Waals surface area contributed by atoms with E-state index in [1.54, 1.807) is 30.1 Å². The maximum absolute atomic E-state index is 12.7. The largest absolute Gasteiger partial charge is 0.294 e. The van der Waals surface area contributed by atoms with Gasteiger partial charge in [-0.15, -0.1) is 11.8 Å². The molecule has 0 saturated carbocycles. The van der Waals surface area contributed by atoms with Crippen molar-refractivity contribution in [3.8, 4) is 0 Å². The first-order valence-corrected chi connectivity index (χ1v) is 11.1. The SMILES string of the molecule is O=S(=O)(NCCCSc1cccc2nccn12)c1cccc2ccccc12. The summed E-state index contributed by atoms with van der Waals surface area (Å²) in [5.41, 5.74) is 0.914. The molecular weight excluding hydrogens is 378 g/mol. The fourth-order valence-electron chi connectivity index (χ4n) is 3.00. The van der Waals surface area contributed by atoms with Crippen LogP contribution in [0.1, 0.15) is 6.42 Å². The molecule has 2 aromatic carbocycles. The molecule has 138 valence electrons.